The van der Waals surface area contributed by atoms with Crippen molar-refractivity contribution in [3.8, 4) is 0 Å². The van der Waals surface area contributed by atoms with Crippen molar-refractivity contribution in [2.24, 2.45) is 0 Å². The number of nitrogens with one attached hydrogen (secondary N) is 1. The van der Waals surface area contributed by atoms with Gasteiger partial charge in [0.25, 0.3) is 0 Å². The fourth-order valence-electron chi connectivity index (χ4n) is 2.29. The zero-order chi connectivity index (χ0) is 16.2. The highest BCUT2D eigenvalue weighted by Crippen LogP contribution is 2.11. The van der Waals surface area contributed by atoms with Gasteiger partial charge in [-0.15, -0.1) is 0 Å². The number of fused-ring (bicyclic) bond motifs is 1. The van der Waals surface area contributed by atoms with Crippen molar-refractivity contribution in [2.75, 3.05) is 0 Å². The summed E-state index contributed by atoms with van der Waals surface area (Å²) in [6.45, 7) is 0.363. The summed E-state index contributed by atoms with van der Waals surface area (Å²) in [5.74, 6) is -0.338. The second-order valence-corrected chi connectivity index (χ2v) is 5.68. The van der Waals surface area contributed by atoms with Gasteiger partial charge in [-0.05, 0) is 36.2 Å². The molecule has 0 aliphatic heterocycles. The lowest BCUT2D eigenvalue weighted by molar-refractivity contribution is -0.121. The van der Waals surface area contributed by atoms with Crippen molar-refractivity contribution in [3.05, 3.63) is 70.9 Å². The number of hydrogen-bond acceptors (Lipinski definition) is 2. The Morgan fingerprint density at radius 3 is 2.74 bits per heavy atom. The summed E-state index contributed by atoms with van der Waals surface area (Å²) < 4.78 is 14.6. The van der Waals surface area contributed by atoms with Crippen LogP contribution in [0.3, 0.4) is 0 Å². The third kappa shape index (κ3) is 4.07. The van der Waals surface area contributed by atoms with E-state index in [1.165, 1.54) is 12.1 Å². The summed E-state index contributed by atoms with van der Waals surface area (Å²) in [4.78, 5) is 16.3. The van der Waals surface area contributed by atoms with Gasteiger partial charge < -0.3 is 9.72 Å². The molecule has 0 atom stereocenters. The van der Waals surface area contributed by atoms with Crippen LogP contribution in [0.5, 0.6) is 0 Å². The molecule has 0 spiro atoms. The molecule has 0 fully saturated rings. The van der Waals surface area contributed by atoms with E-state index in [0.29, 0.717) is 24.4 Å². The van der Waals surface area contributed by atoms with Gasteiger partial charge in [-0.1, -0.05) is 23.7 Å². The lowest BCUT2D eigenvalue weighted by Crippen LogP contribution is -2.23. The highest BCUT2D eigenvalue weighted by atomic mass is 35.5. The summed E-state index contributed by atoms with van der Waals surface area (Å²) in [5.41, 5.74) is 2.48. The second kappa shape index (κ2) is 6.79. The number of aryl methyl sites for hydroxylation is 1. The Morgan fingerprint density at radius 2 is 1.96 bits per heavy atom. The van der Waals surface area contributed by atoms with Crippen molar-refractivity contribution in [1.82, 2.24) is 14.7 Å². The Morgan fingerprint density at radius 1 is 1.17 bits per heavy atom. The molecule has 3 aromatic rings. The molecule has 0 bridgehead atoms. The highest BCUT2D eigenvalue weighted by Gasteiger charge is 2.06. The SMILES string of the molecule is O=C(CCc1ccc(F)cc1)NCc1cn2cc(Cl)ccc2n1. The summed E-state index contributed by atoms with van der Waals surface area (Å²) in [5, 5.41) is 3.46. The zero-order valence-electron chi connectivity index (χ0n) is 12.3. The first-order valence-electron chi connectivity index (χ1n) is 7.24. The first kappa shape index (κ1) is 15.5. The molecule has 3 rings (SSSR count). The van der Waals surface area contributed by atoms with E-state index in [1.807, 2.05) is 16.7 Å². The number of carbonyl (C=O) groups is 1. The molecule has 0 unspecified atom stereocenters. The fraction of sp³-hybridized carbons (Fsp3) is 0.176. The minimum Gasteiger partial charge on any atom is -0.350 e. The molecule has 2 heterocycles. The number of hydrogen-bond donors (Lipinski definition) is 1. The quantitative estimate of drug-likeness (QED) is 0.779. The van der Waals surface area contributed by atoms with Crippen LogP contribution in [-0.4, -0.2) is 15.3 Å². The number of amides is 1. The van der Waals surface area contributed by atoms with E-state index in [2.05, 4.69) is 10.3 Å². The number of aromatic nitrogens is 2. The molecule has 23 heavy (non-hydrogen) atoms. The number of benzene rings is 1. The van der Waals surface area contributed by atoms with Crippen molar-refractivity contribution >= 4 is 23.2 Å². The summed E-state index contributed by atoms with van der Waals surface area (Å²) in [7, 11) is 0. The zero-order valence-corrected chi connectivity index (χ0v) is 13.1. The van der Waals surface area contributed by atoms with E-state index in [0.717, 1.165) is 16.9 Å². The van der Waals surface area contributed by atoms with Crippen LogP contribution in [0.1, 0.15) is 17.7 Å². The molecule has 0 saturated heterocycles. The van der Waals surface area contributed by atoms with Gasteiger partial charge in [0.1, 0.15) is 11.5 Å². The second-order valence-electron chi connectivity index (χ2n) is 5.25. The molecule has 0 aliphatic carbocycles. The first-order chi connectivity index (χ1) is 11.1. The van der Waals surface area contributed by atoms with Crippen molar-refractivity contribution < 1.29 is 9.18 Å². The van der Waals surface area contributed by atoms with Gasteiger partial charge in [0.05, 0.1) is 17.3 Å². The standard InChI is InChI=1S/C17H15ClFN3O/c18-13-4-7-16-21-15(11-22(16)10-13)9-20-17(23)8-3-12-1-5-14(19)6-2-12/h1-2,4-7,10-11H,3,8-9H2,(H,20,23). The van der Waals surface area contributed by atoms with E-state index in [1.54, 1.807) is 24.4 Å². The first-order valence-corrected chi connectivity index (χ1v) is 7.62. The van der Waals surface area contributed by atoms with E-state index in [9.17, 15) is 9.18 Å². The maximum Gasteiger partial charge on any atom is 0.220 e. The van der Waals surface area contributed by atoms with E-state index >= 15 is 0 Å². The molecular weight excluding hydrogens is 317 g/mol. The van der Waals surface area contributed by atoms with E-state index in [4.69, 9.17) is 11.6 Å². The van der Waals surface area contributed by atoms with Gasteiger partial charge in [0, 0.05) is 18.8 Å². The number of rotatable bonds is 5. The summed E-state index contributed by atoms with van der Waals surface area (Å²) >= 11 is 5.92. The molecule has 0 radical (unpaired) electrons. The van der Waals surface area contributed by atoms with Crippen LogP contribution < -0.4 is 5.32 Å². The van der Waals surface area contributed by atoms with Crippen LogP contribution in [-0.2, 0) is 17.8 Å². The molecular formula is C17H15ClFN3O. The third-order valence-electron chi connectivity index (χ3n) is 3.49. The molecule has 1 aromatic carbocycles. The van der Waals surface area contributed by atoms with Crippen LogP contribution in [0.15, 0.2) is 48.8 Å². The summed E-state index contributed by atoms with van der Waals surface area (Å²) in [6, 6.07) is 9.77. The van der Waals surface area contributed by atoms with Crippen LogP contribution in [0.25, 0.3) is 5.65 Å². The highest BCUT2D eigenvalue weighted by molar-refractivity contribution is 6.30. The van der Waals surface area contributed by atoms with Gasteiger partial charge in [-0.3, -0.25) is 4.79 Å². The van der Waals surface area contributed by atoms with Gasteiger partial charge in [-0.2, -0.15) is 0 Å². The monoisotopic (exact) mass is 331 g/mol. The smallest absolute Gasteiger partial charge is 0.220 e. The Bertz CT molecular complexity index is 829. The van der Waals surface area contributed by atoms with Gasteiger partial charge >= 0.3 is 0 Å². The molecule has 0 aliphatic rings. The number of imidazole rings is 1. The van der Waals surface area contributed by atoms with Gasteiger partial charge in [0.15, 0.2) is 0 Å². The lowest BCUT2D eigenvalue weighted by Gasteiger charge is -2.03. The van der Waals surface area contributed by atoms with Crippen LogP contribution in [0.2, 0.25) is 5.02 Å². The molecule has 1 N–H and O–H groups in total. The Kier molecular flexibility index (Phi) is 4.57. The van der Waals surface area contributed by atoms with Gasteiger partial charge in [-0.25, -0.2) is 9.37 Å². The molecule has 0 saturated carbocycles. The number of carbonyl (C=O) groups excluding carboxylic acids is 1. The predicted octanol–water partition coefficient (Wildman–Crippen LogP) is 3.38. The average molecular weight is 332 g/mol. The lowest BCUT2D eigenvalue weighted by atomic mass is 10.1. The average Bonchev–Trinajstić information content (AvgIpc) is 2.94. The Balaban J connectivity index is 1.52. The van der Waals surface area contributed by atoms with Crippen LogP contribution in [0, 0.1) is 5.82 Å². The molecule has 6 heteroatoms. The van der Waals surface area contributed by atoms with Gasteiger partial charge in [0.2, 0.25) is 5.91 Å². The number of nitrogens with zero attached hydrogens (tertiary/aromatic N) is 2. The minimum absolute atomic E-state index is 0.0654. The molecule has 118 valence electrons. The predicted molar refractivity (Wildman–Crippen MR) is 86.8 cm³/mol. The maximum absolute atomic E-state index is 12.8. The Labute approximate surface area is 137 Å². The van der Waals surface area contributed by atoms with Crippen molar-refractivity contribution in [2.45, 2.75) is 19.4 Å². The maximum atomic E-state index is 12.8. The van der Waals surface area contributed by atoms with Crippen molar-refractivity contribution in [1.29, 1.82) is 0 Å². The summed E-state index contributed by atoms with van der Waals surface area (Å²) in [6.07, 6.45) is 4.53. The number of halogens is 2. The van der Waals surface area contributed by atoms with Crippen molar-refractivity contribution in [3.63, 3.8) is 0 Å². The molecule has 1 amide bonds. The largest absolute Gasteiger partial charge is 0.350 e. The fourth-order valence-corrected chi connectivity index (χ4v) is 2.46. The Hall–Kier alpha value is -2.40. The topological polar surface area (TPSA) is 46.4 Å². The molecule has 2 aromatic heterocycles. The van der Waals surface area contributed by atoms with E-state index in [-0.39, 0.29) is 11.7 Å². The van der Waals surface area contributed by atoms with Crippen LogP contribution in [0.4, 0.5) is 4.39 Å². The third-order valence-corrected chi connectivity index (χ3v) is 3.71. The molecule has 4 nitrogen and oxygen atoms in total. The minimum atomic E-state index is -0.273. The van der Waals surface area contributed by atoms with Crippen LogP contribution >= 0.6 is 11.6 Å². The number of pyridine rings is 1. The normalized spacial score (nSPS) is 10.9. The van der Waals surface area contributed by atoms with E-state index < -0.39 is 0 Å².